The highest BCUT2D eigenvalue weighted by Crippen LogP contribution is 2.29. The number of rotatable bonds is 3. The van der Waals surface area contributed by atoms with Gasteiger partial charge in [-0.3, -0.25) is 4.98 Å². The zero-order chi connectivity index (χ0) is 16.3. The van der Waals surface area contributed by atoms with Crippen LogP contribution >= 0.6 is 0 Å². The van der Waals surface area contributed by atoms with Crippen molar-refractivity contribution < 1.29 is 22.6 Å². The third-order valence-electron chi connectivity index (χ3n) is 4.12. The van der Waals surface area contributed by atoms with E-state index in [1.54, 1.807) is 6.20 Å². The molecule has 1 aromatic heterocycles. The zero-order valence-corrected chi connectivity index (χ0v) is 12.7. The second kappa shape index (κ2) is 6.92. The van der Waals surface area contributed by atoms with Gasteiger partial charge in [-0.2, -0.15) is 13.2 Å². The van der Waals surface area contributed by atoms with E-state index in [2.05, 4.69) is 10.3 Å². The molecule has 1 saturated heterocycles. The summed E-state index contributed by atoms with van der Waals surface area (Å²) in [7, 11) is 0. The SMILES string of the molecule is FC(F)(F)N1CCC(NCc2cc3c(cn2)OCCCO3)CC1. The van der Waals surface area contributed by atoms with Crippen molar-refractivity contribution in [3.63, 3.8) is 0 Å². The van der Waals surface area contributed by atoms with E-state index in [-0.39, 0.29) is 19.1 Å². The van der Waals surface area contributed by atoms with Crippen molar-refractivity contribution >= 4 is 0 Å². The molecule has 0 radical (unpaired) electrons. The predicted molar refractivity (Wildman–Crippen MR) is 77.3 cm³/mol. The summed E-state index contributed by atoms with van der Waals surface area (Å²) in [5.41, 5.74) is 0.799. The molecule has 8 heteroatoms. The highest BCUT2D eigenvalue weighted by molar-refractivity contribution is 5.39. The molecule has 128 valence electrons. The molecule has 2 aliphatic rings. The van der Waals surface area contributed by atoms with Gasteiger partial charge in [0.05, 0.1) is 25.1 Å². The zero-order valence-electron chi connectivity index (χ0n) is 12.7. The lowest BCUT2D eigenvalue weighted by Gasteiger charge is -2.33. The van der Waals surface area contributed by atoms with Crippen LogP contribution in [0.25, 0.3) is 0 Å². The number of pyridine rings is 1. The Hall–Kier alpha value is -1.54. The molecule has 1 N–H and O–H groups in total. The van der Waals surface area contributed by atoms with Crippen LogP contribution in [0.5, 0.6) is 11.5 Å². The Morgan fingerprint density at radius 1 is 1.17 bits per heavy atom. The molecule has 5 nitrogen and oxygen atoms in total. The minimum absolute atomic E-state index is 0.0374. The highest BCUT2D eigenvalue weighted by Gasteiger charge is 2.38. The monoisotopic (exact) mass is 331 g/mol. The van der Waals surface area contributed by atoms with Crippen LogP contribution in [0.1, 0.15) is 25.0 Å². The predicted octanol–water partition coefficient (Wildman–Crippen LogP) is 2.32. The second-order valence-electron chi connectivity index (χ2n) is 5.78. The maximum absolute atomic E-state index is 12.6. The molecular weight excluding hydrogens is 311 g/mol. The molecule has 0 atom stereocenters. The van der Waals surface area contributed by atoms with Gasteiger partial charge in [-0.25, -0.2) is 4.90 Å². The fourth-order valence-corrected chi connectivity index (χ4v) is 2.79. The van der Waals surface area contributed by atoms with Crippen LogP contribution in [0, 0.1) is 0 Å². The Balaban J connectivity index is 1.50. The molecule has 3 heterocycles. The number of nitrogens with zero attached hydrogens (tertiary/aromatic N) is 2. The van der Waals surface area contributed by atoms with E-state index >= 15 is 0 Å². The second-order valence-corrected chi connectivity index (χ2v) is 5.78. The smallest absolute Gasteiger partial charge is 0.459 e. The molecule has 0 aliphatic carbocycles. The van der Waals surface area contributed by atoms with E-state index in [1.807, 2.05) is 6.07 Å². The van der Waals surface area contributed by atoms with Gasteiger partial charge in [-0.1, -0.05) is 0 Å². The molecule has 0 unspecified atom stereocenters. The van der Waals surface area contributed by atoms with Gasteiger partial charge in [-0.15, -0.1) is 0 Å². The van der Waals surface area contributed by atoms with Crippen LogP contribution in [0.2, 0.25) is 0 Å². The van der Waals surface area contributed by atoms with Gasteiger partial charge in [-0.05, 0) is 12.8 Å². The highest BCUT2D eigenvalue weighted by atomic mass is 19.4. The van der Waals surface area contributed by atoms with E-state index in [9.17, 15) is 13.2 Å². The topological polar surface area (TPSA) is 46.6 Å². The number of ether oxygens (including phenoxy) is 2. The third kappa shape index (κ3) is 4.26. The first-order chi connectivity index (χ1) is 11.0. The number of alkyl halides is 3. The standard InChI is InChI=1S/C15H20F3N3O2/c16-15(17,18)21-4-2-11(3-5-21)19-9-12-8-13-14(10-20-12)23-7-1-6-22-13/h8,10-11,19H,1-7,9H2. The summed E-state index contributed by atoms with van der Waals surface area (Å²) < 4.78 is 48.9. The fourth-order valence-electron chi connectivity index (χ4n) is 2.79. The summed E-state index contributed by atoms with van der Waals surface area (Å²) in [6.07, 6.45) is -0.793. The number of hydrogen-bond acceptors (Lipinski definition) is 5. The van der Waals surface area contributed by atoms with Crippen LogP contribution < -0.4 is 14.8 Å². The van der Waals surface area contributed by atoms with Gasteiger partial charge in [0.2, 0.25) is 0 Å². The Morgan fingerprint density at radius 3 is 2.57 bits per heavy atom. The quantitative estimate of drug-likeness (QED) is 0.862. The summed E-state index contributed by atoms with van der Waals surface area (Å²) in [5, 5.41) is 3.28. The first-order valence-electron chi connectivity index (χ1n) is 7.82. The molecule has 1 aromatic rings. The van der Waals surface area contributed by atoms with Gasteiger partial charge in [0.1, 0.15) is 0 Å². The summed E-state index contributed by atoms with van der Waals surface area (Å²) in [6, 6.07) is 1.91. The van der Waals surface area contributed by atoms with Crippen molar-refractivity contribution in [3.05, 3.63) is 18.0 Å². The van der Waals surface area contributed by atoms with Crippen LogP contribution in [0.4, 0.5) is 13.2 Å². The van der Waals surface area contributed by atoms with Crippen molar-refractivity contribution in [2.75, 3.05) is 26.3 Å². The summed E-state index contributed by atoms with van der Waals surface area (Å²) >= 11 is 0. The Labute approximate surface area is 132 Å². The van der Waals surface area contributed by atoms with Crippen molar-refractivity contribution in [1.29, 1.82) is 0 Å². The number of piperidine rings is 1. The average molecular weight is 331 g/mol. The molecule has 0 amide bonds. The Kier molecular flexibility index (Phi) is 4.91. The number of fused-ring (bicyclic) bond motifs is 1. The lowest BCUT2D eigenvalue weighted by Crippen LogP contribution is -2.48. The number of hydrogen-bond donors (Lipinski definition) is 1. The third-order valence-corrected chi connectivity index (χ3v) is 4.12. The summed E-state index contributed by atoms with van der Waals surface area (Å²) in [5.74, 6) is 1.32. The molecule has 0 saturated carbocycles. The van der Waals surface area contributed by atoms with E-state index < -0.39 is 6.30 Å². The molecule has 2 aliphatic heterocycles. The van der Waals surface area contributed by atoms with Gasteiger partial charge in [0, 0.05) is 38.2 Å². The molecular formula is C15H20F3N3O2. The number of nitrogens with one attached hydrogen (secondary N) is 1. The lowest BCUT2D eigenvalue weighted by atomic mass is 10.1. The van der Waals surface area contributed by atoms with Crippen LogP contribution in [-0.4, -0.2) is 48.5 Å². The first-order valence-corrected chi connectivity index (χ1v) is 7.82. The molecule has 0 bridgehead atoms. The number of aromatic nitrogens is 1. The van der Waals surface area contributed by atoms with Crippen LogP contribution in [0.3, 0.4) is 0 Å². The Morgan fingerprint density at radius 2 is 1.87 bits per heavy atom. The fraction of sp³-hybridized carbons (Fsp3) is 0.667. The molecule has 0 aromatic carbocycles. The van der Waals surface area contributed by atoms with Crippen molar-refractivity contribution in [2.24, 2.45) is 0 Å². The van der Waals surface area contributed by atoms with Crippen LogP contribution in [-0.2, 0) is 6.54 Å². The lowest BCUT2D eigenvalue weighted by molar-refractivity contribution is -0.250. The summed E-state index contributed by atoms with van der Waals surface area (Å²) in [4.78, 5) is 4.88. The van der Waals surface area contributed by atoms with Gasteiger partial charge < -0.3 is 14.8 Å². The maximum atomic E-state index is 12.6. The Bertz CT molecular complexity index is 531. The minimum atomic E-state index is -4.22. The van der Waals surface area contributed by atoms with Crippen LogP contribution in [0.15, 0.2) is 12.3 Å². The van der Waals surface area contributed by atoms with E-state index in [0.29, 0.717) is 49.0 Å². The van der Waals surface area contributed by atoms with Crippen molar-refractivity contribution in [2.45, 2.75) is 38.1 Å². The van der Waals surface area contributed by atoms with E-state index in [0.717, 1.165) is 12.1 Å². The first kappa shape index (κ1) is 16.3. The number of likely N-dealkylation sites (tertiary alicyclic amines) is 1. The molecule has 0 spiro atoms. The van der Waals surface area contributed by atoms with Gasteiger partial charge >= 0.3 is 6.30 Å². The van der Waals surface area contributed by atoms with Gasteiger partial charge in [0.25, 0.3) is 0 Å². The summed E-state index contributed by atoms with van der Waals surface area (Å²) in [6.45, 7) is 1.81. The molecule has 3 rings (SSSR count). The molecule has 1 fully saturated rings. The number of halogens is 3. The largest absolute Gasteiger partial charge is 0.489 e. The van der Waals surface area contributed by atoms with E-state index in [4.69, 9.17) is 9.47 Å². The minimum Gasteiger partial charge on any atom is -0.489 e. The molecule has 23 heavy (non-hydrogen) atoms. The van der Waals surface area contributed by atoms with Gasteiger partial charge in [0.15, 0.2) is 11.5 Å². The maximum Gasteiger partial charge on any atom is 0.459 e. The van der Waals surface area contributed by atoms with E-state index in [1.165, 1.54) is 0 Å². The normalized spacial score (nSPS) is 20.3. The average Bonchev–Trinajstić information content (AvgIpc) is 2.77. The van der Waals surface area contributed by atoms with Crippen molar-refractivity contribution in [1.82, 2.24) is 15.2 Å². The van der Waals surface area contributed by atoms with Crippen molar-refractivity contribution in [3.8, 4) is 11.5 Å².